The number of nitrogens with zero attached hydrogens (tertiary/aromatic N) is 2. The second kappa shape index (κ2) is 8.37. The standard InChI is InChI=1S/C20H23ClN2O2/c21-18-7-8-19(24)17(14-18)15-22-9-4-10-23(12-11-22)20(25)13-16-5-2-1-3-6-16/h1-3,5-8,14,24H,4,9-13,15H2. The fourth-order valence-electron chi connectivity index (χ4n) is 3.18. The molecule has 3 rings (SSSR count). The number of phenols is 1. The van der Waals surface area contributed by atoms with Gasteiger partial charge in [-0.3, -0.25) is 9.69 Å². The number of hydrogen-bond acceptors (Lipinski definition) is 3. The highest BCUT2D eigenvalue weighted by atomic mass is 35.5. The van der Waals surface area contributed by atoms with Crippen molar-refractivity contribution in [3.63, 3.8) is 0 Å². The molecular weight excluding hydrogens is 336 g/mol. The molecule has 1 amide bonds. The summed E-state index contributed by atoms with van der Waals surface area (Å²) in [5.74, 6) is 0.448. The van der Waals surface area contributed by atoms with Crippen molar-refractivity contribution in [2.24, 2.45) is 0 Å². The fourth-order valence-corrected chi connectivity index (χ4v) is 3.38. The van der Waals surface area contributed by atoms with Crippen molar-refractivity contribution in [1.82, 2.24) is 9.80 Å². The van der Waals surface area contributed by atoms with Gasteiger partial charge in [0.1, 0.15) is 5.75 Å². The van der Waals surface area contributed by atoms with Gasteiger partial charge in [0.25, 0.3) is 0 Å². The molecule has 0 aromatic heterocycles. The van der Waals surface area contributed by atoms with Crippen LogP contribution in [-0.4, -0.2) is 47.0 Å². The lowest BCUT2D eigenvalue weighted by molar-refractivity contribution is -0.130. The first-order valence-corrected chi connectivity index (χ1v) is 9.01. The van der Waals surface area contributed by atoms with Gasteiger partial charge in [-0.25, -0.2) is 0 Å². The summed E-state index contributed by atoms with van der Waals surface area (Å²) < 4.78 is 0. The van der Waals surface area contributed by atoms with Crippen molar-refractivity contribution in [3.05, 3.63) is 64.7 Å². The number of carbonyl (C=O) groups excluding carboxylic acids is 1. The number of halogens is 1. The molecule has 2 aromatic carbocycles. The quantitative estimate of drug-likeness (QED) is 0.911. The average Bonchev–Trinajstić information content (AvgIpc) is 2.85. The number of carbonyl (C=O) groups is 1. The van der Waals surface area contributed by atoms with Crippen LogP contribution >= 0.6 is 11.6 Å². The lowest BCUT2D eigenvalue weighted by atomic mass is 10.1. The maximum atomic E-state index is 12.5. The van der Waals surface area contributed by atoms with E-state index >= 15 is 0 Å². The molecule has 1 aliphatic rings. The van der Waals surface area contributed by atoms with E-state index in [1.54, 1.807) is 18.2 Å². The van der Waals surface area contributed by atoms with Crippen LogP contribution < -0.4 is 0 Å². The lowest BCUT2D eigenvalue weighted by Gasteiger charge is -2.22. The van der Waals surface area contributed by atoms with E-state index in [1.807, 2.05) is 35.2 Å². The minimum atomic E-state index is 0.179. The molecule has 25 heavy (non-hydrogen) atoms. The van der Waals surface area contributed by atoms with Crippen LogP contribution in [0.15, 0.2) is 48.5 Å². The van der Waals surface area contributed by atoms with Gasteiger partial charge in [0.05, 0.1) is 6.42 Å². The summed E-state index contributed by atoms with van der Waals surface area (Å²) in [6.07, 6.45) is 1.39. The summed E-state index contributed by atoms with van der Waals surface area (Å²) in [7, 11) is 0. The lowest BCUT2D eigenvalue weighted by Crippen LogP contribution is -2.36. The maximum absolute atomic E-state index is 12.5. The third-order valence-electron chi connectivity index (χ3n) is 4.57. The minimum absolute atomic E-state index is 0.179. The van der Waals surface area contributed by atoms with Crippen LogP contribution in [0, 0.1) is 0 Å². The van der Waals surface area contributed by atoms with Crippen LogP contribution in [0.5, 0.6) is 5.75 Å². The van der Waals surface area contributed by atoms with E-state index < -0.39 is 0 Å². The Bertz CT molecular complexity index is 721. The molecule has 0 aliphatic carbocycles. The molecule has 0 bridgehead atoms. The first kappa shape index (κ1) is 17.8. The summed E-state index contributed by atoms with van der Waals surface area (Å²) in [5, 5.41) is 10.6. The van der Waals surface area contributed by atoms with E-state index in [-0.39, 0.29) is 11.7 Å². The monoisotopic (exact) mass is 358 g/mol. The van der Waals surface area contributed by atoms with Gasteiger partial charge >= 0.3 is 0 Å². The van der Waals surface area contributed by atoms with Gasteiger partial charge in [-0.1, -0.05) is 41.9 Å². The minimum Gasteiger partial charge on any atom is -0.508 e. The van der Waals surface area contributed by atoms with Gasteiger partial charge in [0.2, 0.25) is 5.91 Å². The molecule has 132 valence electrons. The number of rotatable bonds is 4. The number of hydrogen-bond donors (Lipinski definition) is 1. The number of amides is 1. The average molecular weight is 359 g/mol. The number of aromatic hydroxyl groups is 1. The van der Waals surface area contributed by atoms with Crippen molar-refractivity contribution >= 4 is 17.5 Å². The first-order chi connectivity index (χ1) is 12.1. The Kier molecular flexibility index (Phi) is 5.95. The van der Waals surface area contributed by atoms with Gasteiger partial charge in [0, 0.05) is 43.3 Å². The Morgan fingerprint density at radius 1 is 1.04 bits per heavy atom. The van der Waals surface area contributed by atoms with Crippen molar-refractivity contribution in [1.29, 1.82) is 0 Å². The van der Waals surface area contributed by atoms with E-state index in [4.69, 9.17) is 11.6 Å². The van der Waals surface area contributed by atoms with Gasteiger partial charge in [-0.2, -0.15) is 0 Å². The molecule has 0 radical (unpaired) electrons. The molecule has 0 unspecified atom stereocenters. The maximum Gasteiger partial charge on any atom is 0.227 e. The van der Waals surface area contributed by atoms with E-state index in [2.05, 4.69) is 4.90 Å². The molecule has 0 saturated carbocycles. The van der Waals surface area contributed by atoms with Crippen molar-refractivity contribution in [2.75, 3.05) is 26.2 Å². The van der Waals surface area contributed by atoms with Crippen LogP contribution in [0.1, 0.15) is 17.5 Å². The smallest absolute Gasteiger partial charge is 0.227 e. The normalized spacial score (nSPS) is 15.8. The predicted octanol–water partition coefficient (Wildman–Crippen LogP) is 3.32. The largest absolute Gasteiger partial charge is 0.508 e. The molecule has 2 aromatic rings. The van der Waals surface area contributed by atoms with Gasteiger partial charge in [-0.15, -0.1) is 0 Å². The number of benzene rings is 2. The van der Waals surface area contributed by atoms with Gasteiger partial charge in [-0.05, 0) is 30.2 Å². The van der Waals surface area contributed by atoms with Crippen LogP contribution in [0.3, 0.4) is 0 Å². The van der Waals surface area contributed by atoms with E-state index in [0.29, 0.717) is 24.5 Å². The van der Waals surface area contributed by atoms with Crippen molar-refractivity contribution < 1.29 is 9.90 Å². The van der Waals surface area contributed by atoms with Crippen LogP contribution in [0.25, 0.3) is 0 Å². The second-order valence-electron chi connectivity index (χ2n) is 6.45. The zero-order chi connectivity index (χ0) is 17.6. The van der Waals surface area contributed by atoms with Gasteiger partial charge < -0.3 is 10.0 Å². The van der Waals surface area contributed by atoms with Crippen LogP contribution in [-0.2, 0) is 17.8 Å². The third-order valence-corrected chi connectivity index (χ3v) is 4.81. The summed E-state index contributed by atoms with van der Waals surface area (Å²) in [4.78, 5) is 16.7. The van der Waals surface area contributed by atoms with E-state index in [9.17, 15) is 9.90 Å². The molecule has 1 fully saturated rings. The molecule has 4 nitrogen and oxygen atoms in total. The predicted molar refractivity (Wildman–Crippen MR) is 99.7 cm³/mol. The van der Waals surface area contributed by atoms with E-state index in [1.165, 1.54) is 0 Å². The molecule has 5 heteroatoms. The van der Waals surface area contributed by atoms with Crippen LogP contribution in [0.2, 0.25) is 5.02 Å². The topological polar surface area (TPSA) is 43.8 Å². The Labute approximate surface area is 153 Å². The fraction of sp³-hybridized carbons (Fsp3) is 0.350. The Hall–Kier alpha value is -2.04. The molecular formula is C20H23ClN2O2. The van der Waals surface area contributed by atoms with Crippen molar-refractivity contribution in [3.8, 4) is 5.75 Å². The number of phenolic OH excluding ortho intramolecular Hbond substituents is 1. The molecule has 0 spiro atoms. The van der Waals surface area contributed by atoms with Gasteiger partial charge in [0.15, 0.2) is 0 Å². The highest BCUT2D eigenvalue weighted by Crippen LogP contribution is 2.23. The molecule has 1 N–H and O–H groups in total. The van der Waals surface area contributed by atoms with Crippen molar-refractivity contribution in [2.45, 2.75) is 19.4 Å². The molecule has 1 heterocycles. The molecule has 1 aliphatic heterocycles. The highest BCUT2D eigenvalue weighted by Gasteiger charge is 2.20. The second-order valence-corrected chi connectivity index (χ2v) is 6.88. The summed E-state index contributed by atoms with van der Waals surface area (Å²) in [5.41, 5.74) is 1.88. The Morgan fingerprint density at radius 3 is 2.64 bits per heavy atom. The zero-order valence-electron chi connectivity index (χ0n) is 14.2. The summed E-state index contributed by atoms with van der Waals surface area (Å²) in [6, 6.07) is 15.0. The summed E-state index contributed by atoms with van der Waals surface area (Å²) >= 11 is 6.03. The zero-order valence-corrected chi connectivity index (χ0v) is 15.0. The SMILES string of the molecule is O=C(Cc1ccccc1)N1CCCN(Cc2cc(Cl)ccc2O)CC1. The molecule has 1 saturated heterocycles. The van der Waals surface area contributed by atoms with E-state index in [0.717, 1.165) is 37.2 Å². The summed E-state index contributed by atoms with van der Waals surface area (Å²) in [6.45, 7) is 3.84. The third kappa shape index (κ3) is 4.97. The van der Waals surface area contributed by atoms with Crippen LogP contribution in [0.4, 0.5) is 0 Å². The molecule has 0 atom stereocenters. The first-order valence-electron chi connectivity index (χ1n) is 8.63. The Morgan fingerprint density at radius 2 is 1.84 bits per heavy atom. The Balaban J connectivity index is 1.57. The highest BCUT2D eigenvalue weighted by molar-refractivity contribution is 6.30.